The molecule has 2 aromatic heterocycles. The van der Waals surface area contributed by atoms with Crippen LogP contribution in [0.25, 0.3) is 11.2 Å². The summed E-state index contributed by atoms with van der Waals surface area (Å²) < 4.78 is 0. The summed E-state index contributed by atoms with van der Waals surface area (Å²) in [5, 5.41) is 57.7. The highest BCUT2D eigenvalue weighted by atomic mass is 16.4. The highest BCUT2D eigenvalue weighted by Crippen LogP contribution is 2.20. The molecule has 6 atom stereocenters. The van der Waals surface area contributed by atoms with Crippen LogP contribution in [-0.4, -0.2) is 141 Å². The molecule has 0 spiro atoms. The number of anilines is 2. The molecular formula is C45H54N12O17. The average molecular weight is 1030 g/mol. The smallest absolute Gasteiger partial charge is 0.326 e. The molecule has 2 heterocycles. The summed E-state index contributed by atoms with van der Waals surface area (Å²) in [7, 11) is 0. The molecule has 3 rings (SSSR count). The second kappa shape index (κ2) is 28.5. The van der Waals surface area contributed by atoms with E-state index in [9.17, 15) is 83.1 Å². The van der Waals surface area contributed by atoms with Crippen LogP contribution in [-0.2, 0) is 54.5 Å². The lowest BCUT2D eigenvalue weighted by molar-refractivity contribution is -0.146. The molecule has 0 unspecified atom stereocenters. The van der Waals surface area contributed by atoms with Crippen molar-refractivity contribution in [3.63, 3.8) is 0 Å². The quantitative estimate of drug-likeness (QED) is 0.0138. The van der Waals surface area contributed by atoms with Crippen molar-refractivity contribution >= 4 is 93.7 Å². The van der Waals surface area contributed by atoms with Crippen LogP contribution in [0.15, 0.2) is 40.2 Å². The Hall–Kier alpha value is -9.36. The Bertz CT molecular complexity index is 2750. The number of nitrogens with zero attached hydrogens (tertiary/aromatic N) is 4. The third-order valence-corrected chi connectivity index (χ3v) is 10.8. The number of hydrogen-bond acceptors (Lipinski definition) is 18. The maximum absolute atomic E-state index is 13.8. The molecule has 0 saturated carbocycles. The second-order valence-corrected chi connectivity index (χ2v) is 16.6. The molecule has 0 fully saturated rings. The van der Waals surface area contributed by atoms with Crippen LogP contribution >= 0.6 is 0 Å². The van der Waals surface area contributed by atoms with Crippen LogP contribution in [0.4, 0.5) is 11.6 Å². The fourth-order valence-electron chi connectivity index (χ4n) is 7.08. The molecule has 16 N–H and O–H groups in total. The molecule has 3 amide bonds. The van der Waals surface area contributed by atoms with E-state index in [1.807, 2.05) is 0 Å². The fraction of sp³-hybridized carbons (Fsp3) is 0.422. The van der Waals surface area contributed by atoms with E-state index in [0.717, 1.165) is 0 Å². The van der Waals surface area contributed by atoms with Gasteiger partial charge in [-0.05, 0) is 43.5 Å². The van der Waals surface area contributed by atoms with Crippen molar-refractivity contribution in [2.75, 3.05) is 17.6 Å². The Balaban J connectivity index is 1.71. The number of carboxylic acids is 5. The van der Waals surface area contributed by atoms with Crippen LogP contribution in [0.2, 0.25) is 0 Å². The van der Waals surface area contributed by atoms with E-state index in [1.165, 1.54) is 30.5 Å². The van der Waals surface area contributed by atoms with Crippen LogP contribution in [0.3, 0.4) is 0 Å². The number of carboxylic acid groups (broad SMARTS) is 5. The first-order valence-corrected chi connectivity index (χ1v) is 22.3. The molecule has 0 bridgehead atoms. The lowest BCUT2D eigenvalue weighted by Gasteiger charge is -2.24. The topological polar surface area (TPSA) is 499 Å². The molecule has 3 aromatic rings. The van der Waals surface area contributed by atoms with Gasteiger partial charge in [-0.15, -0.1) is 12.3 Å². The SMILES string of the molecule is C#CC[C@H](CC(=O)[C@H](CC(=O)O)NC(=O)[C@H](CC(=O)O)CC(=O)[C@H](CCCN=C(N)N)NC(=O)[C@H](CC(=O)O)CC(=O)CC[C@H](NC(=O)c1ccc(NCc2cnc3nc(N)[nH]c(=O)c3n2)cc1)C(=O)O)C(=O)O. The van der Waals surface area contributed by atoms with Crippen molar-refractivity contribution in [2.24, 2.45) is 34.2 Å². The van der Waals surface area contributed by atoms with Crippen LogP contribution < -0.4 is 44.0 Å². The number of aliphatic imine (C=N–C) groups is 1. The average Bonchev–Trinajstić information content (AvgIpc) is 3.31. The number of nitrogen functional groups attached to an aromatic ring is 1. The van der Waals surface area contributed by atoms with Crippen LogP contribution in [0.1, 0.15) is 86.7 Å². The van der Waals surface area contributed by atoms with Crippen molar-refractivity contribution in [1.29, 1.82) is 0 Å². The van der Waals surface area contributed by atoms with E-state index in [-0.39, 0.29) is 54.6 Å². The number of amides is 3. The van der Waals surface area contributed by atoms with Gasteiger partial charge >= 0.3 is 29.8 Å². The molecule has 29 heteroatoms. The Kier molecular flexibility index (Phi) is 22.7. The predicted octanol–water partition coefficient (Wildman–Crippen LogP) is -1.85. The summed E-state index contributed by atoms with van der Waals surface area (Å²) >= 11 is 0. The fourth-order valence-corrected chi connectivity index (χ4v) is 7.08. The number of aromatic nitrogens is 4. The number of H-pyrrole nitrogens is 1. The highest BCUT2D eigenvalue weighted by Gasteiger charge is 2.35. The van der Waals surface area contributed by atoms with E-state index in [4.69, 9.17) is 23.6 Å². The Morgan fingerprint density at radius 3 is 1.85 bits per heavy atom. The van der Waals surface area contributed by atoms with Gasteiger partial charge in [-0.3, -0.25) is 62.7 Å². The Morgan fingerprint density at radius 2 is 1.28 bits per heavy atom. The summed E-state index contributed by atoms with van der Waals surface area (Å²) in [5.74, 6) is -17.4. The van der Waals surface area contributed by atoms with E-state index >= 15 is 0 Å². The third-order valence-electron chi connectivity index (χ3n) is 10.8. The van der Waals surface area contributed by atoms with Gasteiger partial charge in [-0.25, -0.2) is 14.8 Å². The normalized spacial score (nSPS) is 13.2. The number of fused-ring (bicyclic) bond motifs is 1. The molecule has 74 heavy (non-hydrogen) atoms. The number of rotatable bonds is 33. The van der Waals surface area contributed by atoms with Gasteiger partial charge in [-0.1, -0.05) is 0 Å². The lowest BCUT2D eigenvalue weighted by atomic mass is 9.90. The summed E-state index contributed by atoms with van der Waals surface area (Å²) in [4.78, 5) is 170. The van der Waals surface area contributed by atoms with Gasteiger partial charge in [0.25, 0.3) is 11.5 Å². The summed E-state index contributed by atoms with van der Waals surface area (Å²) in [6, 6.07) is 0.563. The number of guanidine groups is 1. The number of Topliss-reactive ketones (excluding diaryl/α,β-unsaturated/α-hetero) is 3. The molecule has 0 aliphatic heterocycles. The zero-order chi connectivity index (χ0) is 55.2. The predicted molar refractivity (Wildman–Crippen MR) is 255 cm³/mol. The number of benzene rings is 1. The number of aromatic amines is 1. The minimum atomic E-state index is -1.89. The lowest BCUT2D eigenvalue weighted by Crippen LogP contribution is -2.48. The van der Waals surface area contributed by atoms with Gasteiger partial charge in [0, 0.05) is 49.9 Å². The number of carbonyl (C=O) groups is 11. The highest BCUT2D eigenvalue weighted by molar-refractivity contribution is 5.99. The van der Waals surface area contributed by atoms with Crippen molar-refractivity contribution in [2.45, 2.75) is 95.3 Å². The largest absolute Gasteiger partial charge is 0.481 e. The van der Waals surface area contributed by atoms with Crippen molar-refractivity contribution in [1.82, 2.24) is 35.9 Å². The molecule has 29 nitrogen and oxygen atoms in total. The summed E-state index contributed by atoms with van der Waals surface area (Å²) in [6.07, 6.45) is -1.05. The maximum atomic E-state index is 13.8. The van der Waals surface area contributed by atoms with E-state index in [2.05, 4.69) is 52.1 Å². The third kappa shape index (κ3) is 19.8. The number of terminal acetylenes is 1. The number of carbonyl (C=O) groups excluding carboxylic acids is 6. The molecule has 0 aliphatic rings. The number of nitrogens with two attached hydrogens (primary N) is 3. The summed E-state index contributed by atoms with van der Waals surface area (Å²) in [5.41, 5.74) is 16.6. The van der Waals surface area contributed by atoms with Gasteiger partial charge in [0.15, 0.2) is 28.7 Å². The van der Waals surface area contributed by atoms with Crippen LogP contribution in [0, 0.1) is 30.1 Å². The van der Waals surface area contributed by atoms with Crippen molar-refractivity contribution in [3.8, 4) is 12.3 Å². The molecule has 0 aliphatic carbocycles. The first-order valence-electron chi connectivity index (χ1n) is 22.3. The minimum Gasteiger partial charge on any atom is -0.481 e. The monoisotopic (exact) mass is 1030 g/mol. The van der Waals surface area contributed by atoms with Crippen molar-refractivity contribution in [3.05, 3.63) is 52.1 Å². The van der Waals surface area contributed by atoms with Gasteiger partial charge < -0.3 is 64.0 Å². The zero-order valence-corrected chi connectivity index (χ0v) is 39.3. The number of hydrogen-bond donors (Lipinski definition) is 13. The Labute approximate surface area is 418 Å². The van der Waals surface area contributed by atoms with Gasteiger partial charge in [0.2, 0.25) is 17.8 Å². The minimum absolute atomic E-state index is 0.0180. The molecule has 396 valence electrons. The summed E-state index contributed by atoms with van der Waals surface area (Å²) in [6.45, 7) is -0.0291. The van der Waals surface area contributed by atoms with Gasteiger partial charge in [0.1, 0.15) is 11.8 Å². The number of aliphatic carboxylic acids is 5. The first kappa shape index (κ1) is 59.0. The van der Waals surface area contributed by atoms with E-state index in [0.29, 0.717) is 11.4 Å². The zero-order valence-electron chi connectivity index (χ0n) is 39.3. The van der Waals surface area contributed by atoms with Gasteiger partial charge in [-0.2, -0.15) is 4.98 Å². The molecule has 1 aromatic carbocycles. The van der Waals surface area contributed by atoms with E-state index in [1.54, 1.807) is 0 Å². The van der Waals surface area contributed by atoms with Crippen LogP contribution in [0.5, 0.6) is 0 Å². The molecular weight excluding hydrogens is 981 g/mol. The van der Waals surface area contributed by atoms with Gasteiger partial charge in [0.05, 0.1) is 67.5 Å². The van der Waals surface area contributed by atoms with Crippen molar-refractivity contribution < 1.29 is 78.3 Å². The standard InChI is InChI=1S/C45H54N12O17/c1-2-4-22(42(71)72)14-32(60)30(18-35(65)66)55-40(69)24(17-34(63)64)15-31(59)28(5-3-12-49-44(46)47)53-39(68)23(16-33(61)62)13-27(58)10-11-29(43(73)74)54-38(67)21-6-8-25(9-7-21)50-19-26-20-51-37-36(52-26)41(70)57-45(48)56-37/h1,6-9,20,22-24,28-30,50H,3-5,10-19H2,(H,53,68)(H,54,67)(H,55,69)(H,61,62)(H,63,64)(H,65,66)(H,71,72)(H,73,74)(H4,46,47,49)(H3,48,51,56,57,70)/t22-,23+,24+,28+,29+,30+/m1/s1. The number of nitrogens with one attached hydrogen (secondary N) is 5. The van der Waals surface area contributed by atoms with E-state index < -0.39 is 164 Å². The second-order valence-electron chi connectivity index (χ2n) is 16.6. The Morgan fingerprint density at radius 1 is 0.703 bits per heavy atom. The molecule has 0 saturated heterocycles. The maximum Gasteiger partial charge on any atom is 0.326 e. The molecule has 0 radical (unpaired) electrons. The number of ketones is 3. The first-order chi connectivity index (χ1) is 34.9.